The minimum absolute atomic E-state index is 0.0830. The van der Waals surface area contributed by atoms with Crippen LogP contribution in [0.3, 0.4) is 0 Å². The number of nitriles is 1. The molecule has 0 aliphatic carbocycles. The number of carbonyl (C=O) groups excluding carboxylic acids is 2. The Labute approximate surface area is 92.7 Å². The molecule has 6 heteroatoms. The molecule has 1 heterocycles. The fraction of sp³-hybridized carbons (Fsp3) is 0.500. The number of amides is 2. The monoisotopic (exact) mass is 224 g/mol. The molecule has 1 rings (SSSR count). The molecule has 0 fully saturated rings. The van der Waals surface area contributed by atoms with Crippen molar-refractivity contribution in [1.82, 2.24) is 4.90 Å². The van der Waals surface area contributed by atoms with Gasteiger partial charge in [-0.15, -0.1) is 0 Å². The van der Waals surface area contributed by atoms with Crippen molar-refractivity contribution in [3.8, 4) is 6.07 Å². The van der Waals surface area contributed by atoms with E-state index in [0.717, 1.165) is 0 Å². The molecule has 1 atom stereocenters. The van der Waals surface area contributed by atoms with E-state index in [-0.39, 0.29) is 17.8 Å². The van der Waals surface area contributed by atoms with Gasteiger partial charge in [-0.3, -0.25) is 4.79 Å². The Bertz CT molecular complexity index is 417. The minimum Gasteiger partial charge on any atom is -0.449 e. The number of imide groups is 1. The van der Waals surface area contributed by atoms with Crippen molar-refractivity contribution in [2.45, 2.75) is 26.5 Å². The van der Waals surface area contributed by atoms with E-state index < -0.39 is 17.7 Å². The molecule has 0 bridgehead atoms. The van der Waals surface area contributed by atoms with Crippen molar-refractivity contribution in [1.29, 1.82) is 5.26 Å². The predicted octanol–water partition coefficient (Wildman–Crippen LogP) is 0.534. The summed E-state index contributed by atoms with van der Waals surface area (Å²) < 4.78 is 4.64. The summed E-state index contributed by atoms with van der Waals surface area (Å²) in [5, 5.41) is 18.7. The molecule has 16 heavy (non-hydrogen) atoms. The second-order valence-electron chi connectivity index (χ2n) is 3.47. The molecule has 1 aliphatic heterocycles. The average Bonchev–Trinajstić information content (AvgIpc) is 2.34. The molecule has 0 radical (unpaired) electrons. The van der Waals surface area contributed by atoms with Crippen LogP contribution in [0.2, 0.25) is 0 Å². The molecule has 6 nitrogen and oxygen atoms in total. The number of carbonyl (C=O) groups is 2. The van der Waals surface area contributed by atoms with Crippen molar-refractivity contribution in [3.63, 3.8) is 0 Å². The molecule has 1 unspecified atom stereocenters. The highest BCUT2D eigenvalue weighted by molar-refractivity contribution is 6.09. The van der Waals surface area contributed by atoms with Gasteiger partial charge in [-0.2, -0.15) is 5.26 Å². The lowest BCUT2D eigenvalue weighted by atomic mass is 10.1. The molecule has 0 aromatic heterocycles. The summed E-state index contributed by atoms with van der Waals surface area (Å²) in [7, 11) is 0. The Hall–Kier alpha value is -1.87. The van der Waals surface area contributed by atoms with E-state index in [1.54, 1.807) is 13.0 Å². The standard InChI is InChI=1S/C10H12N2O4/c1-4-16-9(14)12-8(13)7(5-11)6(2)10(12,3)15/h15H,4H2,1-3H3. The van der Waals surface area contributed by atoms with Crippen molar-refractivity contribution in [2.75, 3.05) is 6.61 Å². The first-order valence-corrected chi connectivity index (χ1v) is 4.73. The van der Waals surface area contributed by atoms with Gasteiger partial charge in [0, 0.05) is 5.57 Å². The molecule has 0 spiro atoms. The number of ether oxygens (including phenoxy) is 1. The van der Waals surface area contributed by atoms with Gasteiger partial charge in [-0.05, 0) is 20.8 Å². The summed E-state index contributed by atoms with van der Waals surface area (Å²) in [6, 6.07) is 1.67. The Morgan fingerprint density at radius 1 is 1.69 bits per heavy atom. The molecule has 0 saturated carbocycles. The van der Waals surface area contributed by atoms with Crippen molar-refractivity contribution >= 4 is 12.0 Å². The highest BCUT2D eigenvalue weighted by Crippen LogP contribution is 2.33. The zero-order valence-electron chi connectivity index (χ0n) is 9.27. The summed E-state index contributed by atoms with van der Waals surface area (Å²) in [5.41, 5.74) is -1.87. The molecule has 1 aliphatic rings. The van der Waals surface area contributed by atoms with E-state index in [0.29, 0.717) is 4.90 Å². The second-order valence-corrected chi connectivity index (χ2v) is 3.47. The molecule has 0 aromatic rings. The average molecular weight is 224 g/mol. The van der Waals surface area contributed by atoms with E-state index in [1.165, 1.54) is 13.8 Å². The lowest BCUT2D eigenvalue weighted by Gasteiger charge is -2.28. The van der Waals surface area contributed by atoms with Gasteiger partial charge in [0.2, 0.25) is 0 Å². The number of hydrogen-bond donors (Lipinski definition) is 1. The Balaban J connectivity index is 3.15. The number of hydrogen-bond acceptors (Lipinski definition) is 5. The van der Waals surface area contributed by atoms with Gasteiger partial charge in [0.05, 0.1) is 6.61 Å². The Kier molecular flexibility index (Phi) is 3.01. The van der Waals surface area contributed by atoms with Gasteiger partial charge in [-0.25, -0.2) is 9.69 Å². The van der Waals surface area contributed by atoms with Gasteiger partial charge in [0.15, 0.2) is 5.72 Å². The SMILES string of the molecule is CCOC(=O)N1C(=O)C(C#N)=C(C)C1(C)O. The topological polar surface area (TPSA) is 90.6 Å². The third kappa shape index (κ3) is 1.55. The van der Waals surface area contributed by atoms with Crippen LogP contribution in [0.15, 0.2) is 11.1 Å². The summed E-state index contributed by atoms with van der Waals surface area (Å²) in [6.07, 6.45) is -0.956. The minimum atomic E-state index is -1.80. The van der Waals surface area contributed by atoms with Gasteiger partial charge >= 0.3 is 6.09 Å². The maximum atomic E-state index is 11.7. The van der Waals surface area contributed by atoms with E-state index in [9.17, 15) is 14.7 Å². The van der Waals surface area contributed by atoms with Gasteiger partial charge in [-0.1, -0.05) is 0 Å². The molecule has 2 amide bonds. The van der Waals surface area contributed by atoms with Crippen LogP contribution in [0.4, 0.5) is 4.79 Å². The first kappa shape index (κ1) is 12.2. The van der Waals surface area contributed by atoms with Gasteiger partial charge in [0.25, 0.3) is 5.91 Å². The van der Waals surface area contributed by atoms with Crippen LogP contribution < -0.4 is 0 Å². The maximum absolute atomic E-state index is 11.7. The zero-order chi connectivity index (χ0) is 12.5. The first-order valence-electron chi connectivity index (χ1n) is 4.73. The van der Waals surface area contributed by atoms with E-state index in [2.05, 4.69) is 4.74 Å². The van der Waals surface area contributed by atoms with E-state index in [4.69, 9.17) is 5.26 Å². The van der Waals surface area contributed by atoms with Crippen LogP contribution >= 0.6 is 0 Å². The lowest BCUT2D eigenvalue weighted by molar-refractivity contribution is -0.136. The van der Waals surface area contributed by atoms with Crippen molar-refractivity contribution in [3.05, 3.63) is 11.1 Å². The summed E-state index contributed by atoms with van der Waals surface area (Å²) in [4.78, 5) is 23.7. The third-order valence-corrected chi connectivity index (χ3v) is 2.50. The fourth-order valence-corrected chi connectivity index (χ4v) is 1.45. The van der Waals surface area contributed by atoms with Crippen molar-refractivity contribution in [2.24, 2.45) is 0 Å². The molecule has 0 saturated heterocycles. The second kappa shape index (κ2) is 3.94. The number of rotatable bonds is 1. The summed E-state index contributed by atoms with van der Waals surface area (Å²) in [5.74, 6) is -0.830. The normalized spacial score (nSPS) is 24.7. The van der Waals surface area contributed by atoms with E-state index in [1.807, 2.05) is 0 Å². The third-order valence-electron chi connectivity index (χ3n) is 2.50. The Morgan fingerprint density at radius 3 is 2.62 bits per heavy atom. The van der Waals surface area contributed by atoms with Crippen LogP contribution in [0.25, 0.3) is 0 Å². The van der Waals surface area contributed by atoms with Crippen LogP contribution in [-0.2, 0) is 9.53 Å². The van der Waals surface area contributed by atoms with E-state index >= 15 is 0 Å². The summed E-state index contributed by atoms with van der Waals surface area (Å²) in [6.45, 7) is 4.36. The molecular weight excluding hydrogens is 212 g/mol. The summed E-state index contributed by atoms with van der Waals surface area (Å²) >= 11 is 0. The van der Waals surface area contributed by atoms with Crippen molar-refractivity contribution < 1.29 is 19.4 Å². The smallest absolute Gasteiger partial charge is 0.419 e. The largest absolute Gasteiger partial charge is 0.449 e. The quantitative estimate of drug-likeness (QED) is 0.701. The van der Waals surface area contributed by atoms with Gasteiger partial charge in [0.1, 0.15) is 11.6 Å². The molecular formula is C10H12N2O4. The molecule has 1 N–H and O–H groups in total. The molecule has 86 valence electrons. The van der Waals surface area contributed by atoms with Gasteiger partial charge < -0.3 is 9.84 Å². The van der Waals surface area contributed by atoms with Crippen LogP contribution in [0, 0.1) is 11.3 Å². The highest BCUT2D eigenvalue weighted by atomic mass is 16.6. The number of nitrogens with zero attached hydrogens (tertiary/aromatic N) is 2. The fourth-order valence-electron chi connectivity index (χ4n) is 1.45. The first-order chi connectivity index (χ1) is 7.37. The highest BCUT2D eigenvalue weighted by Gasteiger charge is 2.49. The molecule has 0 aromatic carbocycles. The zero-order valence-corrected chi connectivity index (χ0v) is 9.27. The Morgan fingerprint density at radius 2 is 2.25 bits per heavy atom. The lowest BCUT2D eigenvalue weighted by Crippen LogP contribution is -2.49. The number of aliphatic hydroxyl groups is 1. The van der Waals surface area contributed by atoms with Crippen LogP contribution in [0.1, 0.15) is 20.8 Å². The predicted molar refractivity (Wildman–Crippen MR) is 52.8 cm³/mol. The van der Waals surface area contributed by atoms with Crippen LogP contribution in [-0.4, -0.2) is 34.3 Å². The van der Waals surface area contributed by atoms with Crippen LogP contribution in [0.5, 0.6) is 0 Å². The maximum Gasteiger partial charge on any atom is 0.419 e.